The largest absolute Gasteiger partial charge is 0.348 e. The number of nitrogens with one attached hydrogen (secondary N) is 1. The molecule has 4 nitrogen and oxygen atoms in total. The smallest absolute Gasteiger partial charge is 0.308 e. The standard InChI is InChI=1S/C13H26NO3P/c1-7-16-18(15,17-8-2)11-12(3,4)9-10-13(5,6)14-11/h9-11,14H,7-8H2,1-6H3. The third-order valence-corrected chi connectivity index (χ3v) is 5.74. The predicted molar refractivity (Wildman–Crippen MR) is 74.8 cm³/mol. The quantitative estimate of drug-likeness (QED) is 0.616. The molecule has 18 heavy (non-hydrogen) atoms. The van der Waals surface area contributed by atoms with Gasteiger partial charge in [-0.05, 0) is 27.7 Å². The second kappa shape index (κ2) is 5.46. The summed E-state index contributed by atoms with van der Waals surface area (Å²) in [5.74, 6) is -0.329. The summed E-state index contributed by atoms with van der Waals surface area (Å²) < 4.78 is 23.9. The zero-order chi connectivity index (χ0) is 14.0. The molecule has 0 radical (unpaired) electrons. The molecule has 1 heterocycles. The Morgan fingerprint density at radius 2 is 1.61 bits per heavy atom. The Balaban J connectivity index is 3.10. The summed E-state index contributed by atoms with van der Waals surface area (Å²) in [5, 5.41) is 3.39. The lowest BCUT2D eigenvalue weighted by Gasteiger charge is -2.44. The van der Waals surface area contributed by atoms with Crippen molar-refractivity contribution in [2.24, 2.45) is 5.41 Å². The van der Waals surface area contributed by atoms with Gasteiger partial charge in [0, 0.05) is 11.0 Å². The minimum Gasteiger partial charge on any atom is -0.308 e. The first-order valence-electron chi connectivity index (χ1n) is 6.54. The van der Waals surface area contributed by atoms with Gasteiger partial charge in [0.2, 0.25) is 0 Å². The first-order chi connectivity index (χ1) is 8.17. The monoisotopic (exact) mass is 275 g/mol. The van der Waals surface area contributed by atoms with Crippen molar-refractivity contribution in [2.45, 2.75) is 52.9 Å². The van der Waals surface area contributed by atoms with Crippen LogP contribution in [0.2, 0.25) is 0 Å². The summed E-state index contributed by atoms with van der Waals surface area (Å²) in [6, 6.07) is 0. The van der Waals surface area contributed by atoms with Gasteiger partial charge >= 0.3 is 7.60 Å². The van der Waals surface area contributed by atoms with Crippen molar-refractivity contribution in [1.29, 1.82) is 0 Å². The molecule has 0 aliphatic carbocycles. The summed E-state index contributed by atoms with van der Waals surface area (Å²) in [4.78, 5) is 0. The summed E-state index contributed by atoms with van der Waals surface area (Å²) >= 11 is 0. The van der Waals surface area contributed by atoms with E-state index < -0.39 is 7.60 Å². The Kier molecular flexibility index (Phi) is 4.82. The van der Waals surface area contributed by atoms with E-state index in [2.05, 4.69) is 17.5 Å². The molecule has 1 N–H and O–H groups in total. The maximum absolute atomic E-state index is 12.9. The Bertz CT molecular complexity index is 353. The van der Waals surface area contributed by atoms with E-state index in [0.717, 1.165) is 0 Å². The molecule has 5 heteroatoms. The summed E-state index contributed by atoms with van der Waals surface area (Å²) in [6.45, 7) is 12.6. The molecule has 1 unspecified atom stereocenters. The van der Waals surface area contributed by atoms with E-state index in [9.17, 15) is 4.57 Å². The lowest BCUT2D eigenvalue weighted by atomic mass is 9.85. The van der Waals surface area contributed by atoms with Gasteiger partial charge in [0.1, 0.15) is 5.78 Å². The van der Waals surface area contributed by atoms with Gasteiger partial charge in [-0.3, -0.25) is 9.88 Å². The van der Waals surface area contributed by atoms with E-state index in [1.165, 1.54) is 0 Å². The molecule has 0 saturated heterocycles. The van der Waals surface area contributed by atoms with Gasteiger partial charge in [0.05, 0.1) is 13.2 Å². The Morgan fingerprint density at radius 1 is 1.11 bits per heavy atom. The number of hydrogen-bond acceptors (Lipinski definition) is 4. The average Bonchev–Trinajstić information content (AvgIpc) is 2.23. The van der Waals surface area contributed by atoms with Gasteiger partial charge in [-0.2, -0.15) is 0 Å². The molecular weight excluding hydrogens is 249 g/mol. The highest BCUT2D eigenvalue weighted by molar-refractivity contribution is 7.54. The van der Waals surface area contributed by atoms with Crippen LogP contribution in [0.15, 0.2) is 12.2 Å². The highest BCUT2D eigenvalue weighted by atomic mass is 31.2. The molecule has 106 valence electrons. The minimum absolute atomic E-state index is 0.204. The van der Waals surface area contributed by atoms with Crippen LogP contribution in [0.5, 0.6) is 0 Å². The second-order valence-corrected chi connectivity index (χ2v) is 7.91. The lowest BCUT2D eigenvalue weighted by Crippen LogP contribution is -2.54. The van der Waals surface area contributed by atoms with Crippen LogP contribution in [0, 0.1) is 5.41 Å². The van der Waals surface area contributed by atoms with Crippen LogP contribution in [0.3, 0.4) is 0 Å². The molecule has 0 bridgehead atoms. The van der Waals surface area contributed by atoms with Crippen molar-refractivity contribution in [2.75, 3.05) is 13.2 Å². The Hall–Kier alpha value is -0.150. The zero-order valence-electron chi connectivity index (χ0n) is 12.3. The van der Waals surface area contributed by atoms with Gasteiger partial charge in [0.25, 0.3) is 0 Å². The van der Waals surface area contributed by atoms with Gasteiger partial charge in [0.15, 0.2) is 0 Å². The van der Waals surface area contributed by atoms with Crippen LogP contribution in [0.1, 0.15) is 41.5 Å². The fourth-order valence-electron chi connectivity index (χ4n) is 2.13. The molecule has 0 saturated carbocycles. The van der Waals surface area contributed by atoms with E-state index in [4.69, 9.17) is 9.05 Å². The Morgan fingerprint density at radius 3 is 2.06 bits per heavy atom. The third kappa shape index (κ3) is 3.45. The van der Waals surface area contributed by atoms with Gasteiger partial charge in [-0.25, -0.2) is 0 Å². The van der Waals surface area contributed by atoms with Crippen LogP contribution in [0.25, 0.3) is 0 Å². The van der Waals surface area contributed by atoms with Crippen LogP contribution in [-0.2, 0) is 13.6 Å². The molecule has 0 fully saturated rings. The Labute approximate surface area is 111 Å². The zero-order valence-corrected chi connectivity index (χ0v) is 13.2. The lowest BCUT2D eigenvalue weighted by molar-refractivity contribution is 0.176. The third-order valence-electron chi connectivity index (χ3n) is 3.08. The van der Waals surface area contributed by atoms with Crippen molar-refractivity contribution >= 4 is 7.60 Å². The molecule has 1 aliphatic rings. The van der Waals surface area contributed by atoms with E-state index in [-0.39, 0.29) is 16.7 Å². The van der Waals surface area contributed by atoms with Crippen LogP contribution in [0.4, 0.5) is 0 Å². The molecule has 1 rings (SSSR count). The molecule has 0 amide bonds. The van der Waals surface area contributed by atoms with Crippen LogP contribution >= 0.6 is 7.60 Å². The van der Waals surface area contributed by atoms with Crippen molar-refractivity contribution in [1.82, 2.24) is 5.32 Å². The second-order valence-electron chi connectivity index (χ2n) is 5.80. The maximum Gasteiger partial charge on any atom is 0.348 e. The van der Waals surface area contributed by atoms with Crippen LogP contribution in [-0.4, -0.2) is 24.5 Å². The van der Waals surface area contributed by atoms with Gasteiger partial charge in [-0.15, -0.1) is 0 Å². The van der Waals surface area contributed by atoms with Crippen molar-refractivity contribution in [3.8, 4) is 0 Å². The normalized spacial score (nSPS) is 26.2. The van der Waals surface area contributed by atoms with E-state index >= 15 is 0 Å². The van der Waals surface area contributed by atoms with Crippen molar-refractivity contribution in [3.63, 3.8) is 0 Å². The minimum atomic E-state index is -3.16. The van der Waals surface area contributed by atoms with Crippen molar-refractivity contribution in [3.05, 3.63) is 12.2 Å². The highest BCUT2D eigenvalue weighted by Crippen LogP contribution is 2.59. The first kappa shape index (κ1) is 15.9. The fraction of sp³-hybridized carbons (Fsp3) is 0.846. The molecule has 0 aromatic heterocycles. The molecule has 0 aromatic carbocycles. The van der Waals surface area contributed by atoms with E-state index in [0.29, 0.717) is 13.2 Å². The first-order valence-corrected chi connectivity index (χ1v) is 8.15. The summed E-state index contributed by atoms with van der Waals surface area (Å²) in [6.07, 6.45) is 4.20. The summed E-state index contributed by atoms with van der Waals surface area (Å²) in [7, 11) is -3.16. The predicted octanol–water partition coefficient (Wildman–Crippen LogP) is 3.54. The molecule has 0 aromatic rings. The highest BCUT2D eigenvalue weighted by Gasteiger charge is 2.48. The molecular formula is C13H26NO3P. The molecule has 0 spiro atoms. The molecule has 1 aliphatic heterocycles. The average molecular weight is 275 g/mol. The number of rotatable bonds is 5. The van der Waals surface area contributed by atoms with E-state index in [1.807, 2.05) is 41.5 Å². The van der Waals surface area contributed by atoms with E-state index in [1.54, 1.807) is 0 Å². The van der Waals surface area contributed by atoms with Gasteiger partial charge < -0.3 is 9.05 Å². The summed E-state index contributed by atoms with van der Waals surface area (Å²) in [5.41, 5.74) is -0.473. The van der Waals surface area contributed by atoms with Crippen molar-refractivity contribution < 1.29 is 13.6 Å². The fourth-order valence-corrected chi connectivity index (χ4v) is 4.62. The molecule has 1 atom stereocenters. The topological polar surface area (TPSA) is 47.6 Å². The maximum atomic E-state index is 12.9. The number of hydrogen-bond donors (Lipinski definition) is 1. The van der Waals surface area contributed by atoms with Gasteiger partial charge in [-0.1, -0.05) is 26.0 Å². The SMILES string of the molecule is CCOP(=O)(OCC)C1NC(C)(C)C=CC1(C)C. The van der Waals surface area contributed by atoms with Crippen LogP contribution < -0.4 is 5.32 Å².